The molecule has 1 rings (SSSR count). The summed E-state index contributed by atoms with van der Waals surface area (Å²) in [5.41, 5.74) is 0.224. The molecule has 0 radical (unpaired) electrons. The van der Waals surface area contributed by atoms with Gasteiger partial charge in [-0.05, 0) is 30.7 Å². The summed E-state index contributed by atoms with van der Waals surface area (Å²) >= 11 is 0. The largest absolute Gasteiger partial charge is 0.543 e. The van der Waals surface area contributed by atoms with E-state index in [1.54, 1.807) is 12.1 Å². The summed E-state index contributed by atoms with van der Waals surface area (Å²) in [6, 6.07) is 6.17. The molecule has 0 N–H and O–H groups in total. The maximum Gasteiger partial charge on any atom is 0.543 e. The second-order valence-corrected chi connectivity index (χ2v) is 5.82. The van der Waals surface area contributed by atoms with E-state index in [-0.39, 0.29) is 12.2 Å². The van der Waals surface area contributed by atoms with Gasteiger partial charge in [0.15, 0.2) is 0 Å². The molecular formula is C19H28O7. The lowest BCUT2D eigenvalue weighted by Gasteiger charge is -2.05. The zero-order valence-electron chi connectivity index (χ0n) is 15.5. The molecule has 0 aromatic heterocycles. The van der Waals surface area contributed by atoms with Crippen LogP contribution < -0.4 is 4.74 Å². The molecule has 0 aliphatic rings. The Labute approximate surface area is 154 Å². The van der Waals surface area contributed by atoms with Crippen LogP contribution in [-0.4, -0.2) is 25.8 Å². The second kappa shape index (κ2) is 13.9. The lowest BCUT2D eigenvalue weighted by atomic mass is 10.1. The van der Waals surface area contributed by atoms with Gasteiger partial charge in [0, 0.05) is 0 Å². The summed E-state index contributed by atoms with van der Waals surface area (Å²) in [6.07, 6.45) is 8.10. The Balaban J connectivity index is 2.01. The minimum absolute atomic E-state index is 0.224. The maximum absolute atomic E-state index is 11.6. The first kappa shape index (κ1) is 21.8. The highest BCUT2D eigenvalue weighted by atomic mass is 17.5. The molecule has 0 amide bonds. The lowest BCUT2D eigenvalue weighted by molar-refractivity contribution is -0.452. The van der Waals surface area contributed by atoms with Crippen molar-refractivity contribution in [1.82, 2.24) is 0 Å². The predicted octanol–water partition coefficient (Wildman–Crippen LogP) is 4.99. The minimum atomic E-state index is -1.05. The van der Waals surface area contributed by atoms with Crippen LogP contribution in [0, 0.1) is 0 Å². The Kier molecular flexibility index (Phi) is 11.7. The molecule has 0 fully saturated rings. The lowest BCUT2D eigenvalue weighted by Crippen LogP contribution is -2.12. The fourth-order valence-corrected chi connectivity index (χ4v) is 2.27. The van der Waals surface area contributed by atoms with E-state index in [4.69, 9.17) is 9.47 Å². The zero-order valence-corrected chi connectivity index (χ0v) is 15.5. The summed E-state index contributed by atoms with van der Waals surface area (Å²) in [5, 5.41) is 4.15. The van der Waals surface area contributed by atoms with Crippen molar-refractivity contribution in [2.75, 3.05) is 13.7 Å². The van der Waals surface area contributed by atoms with Crippen molar-refractivity contribution in [2.24, 2.45) is 0 Å². The van der Waals surface area contributed by atoms with Gasteiger partial charge in [0.25, 0.3) is 0 Å². The van der Waals surface area contributed by atoms with Gasteiger partial charge in [-0.1, -0.05) is 51.9 Å². The smallest absolute Gasteiger partial charge is 0.497 e. The molecule has 26 heavy (non-hydrogen) atoms. The second-order valence-electron chi connectivity index (χ2n) is 5.82. The van der Waals surface area contributed by atoms with Gasteiger partial charge in [0.05, 0.1) is 24.3 Å². The van der Waals surface area contributed by atoms with Gasteiger partial charge in [-0.2, -0.15) is 0 Å². The standard InChI is InChI=1S/C19H28O7/c1-3-4-5-6-7-8-9-10-15-23-19(21)25-26-24-18(20)16-11-13-17(22-2)14-12-16/h11-14H,3-10,15H2,1-2H3. The number of rotatable bonds is 13. The number of hydrogen-bond donors (Lipinski definition) is 0. The molecule has 0 aliphatic heterocycles. The fraction of sp³-hybridized carbons (Fsp3) is 0.579. The van der Waals surface area contributed by atoms with E-state index < -0.39 is 12.1 Å². The van der Waals surface area contributed by atoms with Crippen LogP contribution in [0.4, 0.5) is 4.79 Å². The highest BCUT2D eigenvalue weighted by Crippen LogP contribution is 2.12. The molecule has 0 saturated carbocycles. The monoisotopic (exact) mass is 368 g/mol. The molecule has 7 heteroatoms. The Hall–Kier alpha value is -2.28. The first-order valence-corrected chi connectivity index (χ1v) is 9.03. The van der Waals surface area contributed by atoms with E-state index in [1.165, 1.54) is 51.3 Å². The zero-order chi connectivity index (χ0) is 19.0. The average molecular weight is 368 g/mol. The first-order valence-electron chi connectivity index (χ1n) is 9.03. The highest BCUT2D eigenvalue weighted by Gasteiger charge is 2.12. The topological polar surface area (TPSA) is 80.3 Å². The Morgan fingerprint density at radius 3 is 2.08 bits per heavy atom. The SMILES string of the molecule is CCCCCCCCCCOC(=O)OOOC(=O)c1ccc(OC)cc1. The van der Waals surface area contributed by atoms with E-state index >= 15 is 0 Å². The third kappa shape index (κ3) is 9.88. The van der Waals surface area contributed by atoms with Crippen LogP contribution in [-0.2, 0) is 19.6 Å². The van der Waals surface area contributed by atoms with E-state index in [0.29, 0.717) is 5.75 Å². The summed E-state index contributed by atoms with van der Waals surface area (Å²) in [6.45, 7) is 2.43. The van der Waals surface area contributed by atoms with Crippen molar-refractivity contribution in [1.29, 1.82) is 0 Å². The molecule has 0 unspecified atom stereocenters. The van der Waals surface area contributed by atoms with Gasteiger partial charge in [0.1, 0.15) is 5.75 Å². The van der Waals surface area contributed by atoms with E-state index in [2.05, 4.69) is 21.7 Å². The number of ether oxygens (including phenoxy) is 2. The molecular weight excluding hydrogens is 340 g/mol. The molecule has 0 bridgehead atoms. The van der Waals surface area contributed by atoms with Crippen molar-refractivity contribution >= 4 is 12.1 Å². The molecule has 146 valence electrons. The predicted molar refractivity (Wildman–Crippen MR) is 94.5 cm³/mol. The van der Waals surface area contributed by atoms with Gasteiger partial charge < -0.3 is 9.47 Å². The van der Waals surface area contributed by atoms with Crippen LogP contribution in [0.3, 0.4) is 0 Å². The number of hydrogen-bond acceptors (Lipinski definition) is 7. The molecule has 0 saturated heterocycles. The summed E-state index contributed by atoms with van der Waals surface area (Å²) in [4.78, 5) is 31.5. The van der Waals surface area contributed by atoms with Crippen molar-refractivity contribution in [2.45, 2.75) is 58.3 Å². The maximum atomic E-state index is 11.6. The molecule has 0 spiro atoms. The number of methoxy groups -OCH3 is 1. The molecule has 7 nitrogen and oxygen atoms in total. The Morgan fingerprint density at radius 2 is 1.46 bits per heavy atom. The number of unbranched alkanes of at least 4 members (excludes halogenated alkanes) is 7. The van der Waals surface area contributed by atoms with Gasteiger partial charge >= 0.3 is 12.1 Å². The molecule has 1 aromatic carbocycles. The first-order chi connectivity index (χ1) is 12.7. The summed E-state index contributed by atoms with van der Waals surface area (Å²) in [7, 11) is 1.52. The van der Waals surface area contributed by atoms with Crippen LogP contribution >= 0.6 is 0 Å². The van der Waals surface area contributed by atoms with Crippen molar-refractivity contribution in [3.8, 4) is 5.75 Å². The number of carbonyl (C=O) groups is 2. The van der Waals surface area contributed by atoms with Crippen LogP contribution in [0.1, 0.15) is 68.6 Å². The van der Waals surface area contributed by atoms with Crippen LogP contribution in [0.5, 0.6) is 5.75 Å². The van der Waals surface area contributed by atoms with Gasteiger partial charge in [-0.25, -0.2) is 14.5 Å². The summed E-state index contributed by atoms with van der Waals surface area (Å²) < 4.78 is 9.79. The van der Waals surface area contributed by atoms with Crippen molar-refractivity contribution in [3.63, 3.8) is 0 Å². The van der Waals surface area contributed by atoms with Gasteiger partial charge in [-0.3, -0.25) is 4.89 Å². The fourth-order valence-electron chi connectivity index (χ4n) is 2.27. The van der Waals surface area contributed by atoms with Crippen molar-refractivity contribution in [3.05, 3.63) is 29.8 Å². The van der Waals surface area contributed by atoms with Crippen LogP contribution in [0.15, 0.2) is 24.3 Å². The van der Waals surface area contributed by atoms with Crippen molar-refractivity contribution < 1.29 is 33.9 Å². The van der Waals surface area contributed by atoms with E-state index in [9.17, 15) is 9.59 Å². The number of benzene rings is 1. The molecule has 0 atom stereocenters. The Bertz CT molecular complexity index is 513. The van der Waals surface area contributed by atoms with E-state index in [1.807, 2.05) is 0 Å². The van der Waals surface area contributed by atoms with Crippen LogP contribution in [0.25, 0.3) is 0 Å². The normalized spacial score (nSPS) is 10.2. The number of carbonyl (C=O) groups excluding carboxylic acids is 2. The van der Waals surface area contributed by atoms with E-state index in [0.717, 1.165) is 19.3 Å². The minimum Gasteiger partial charge on any atom is -0.497 e. The van der Waals surface area contributed by atoms with Gasteiger partial charge in [-0.15, -0.1) is 0 Å². The third-order valence-electron chi connectivity index (χ3n) is 3.76. The molecule has 0 aliphatic carbocycles. The summed E-state index contributed by atoms with van der Waals surface area (Å²) in [5.74, 6) is -0.202. The highest BCUT2D eigenvalue weighted by molar-refractivity contribution is 5.89. The average Bonchev–Trinajstić information content (AvgIpc) is 2.66. The quantitative estimate of drug-likeness (QED) is 0.210. The van der Waals surface area contributed by atoms with Gasteiger partial charge in [0.2, 0.25) is 0 Å². The molecule has 0 heterocycles. The third-order valence-corrected chi connectivity index (χ3v) is 3.76. The molecule has 1 aromatic rings. The van der Waals surface area contributed by atoms with Crippen LogP contribution in [0.2, 0.25) is 0 Å². The Morgan fingerprint density at radius 1 is 0.846 bits per heavy atom.